The largest absolute Gasteiger partial charge is 0.398 e. The zero-order valence-electron chi connectivity index (χ0n) is 10.5. The minimum Gasteiger partial charge on any atom is -0.398 e. The van der Waals surface area contributed by atoms with Crippen molar-refractivity contribution in [3.63, 3.8) is 0 Å². The first-order valence-electron chi connectivity index (χ1n) is 6.01. The number of benzene rings is 1. The van der Waals surface area contributed by atoms with Gasteiger partial charge in [-0.15, -0.1) is 0 Å². The summed E-state index contributed by atoms with van der Waals surface area (Å²) in [6, 6.07) is 3.77. The zero-order chi connectivity index (χ0) is 12.8. The van der Waals surface area contributed by atoms with Crippen LogP contribution in [0.15, 0.2) is 12.1 Å². The van der Waals surface area contributed by atoms with Gasteiger partial charge in [-0.2, -0.15) is 0 Å². The predicted octanol–water partition coefficient (Wildman–Crippen LogP) is 2.83. The molecule has 0 saturated heterocycles. The van der Waals surface area contributed by atoms with Crippen LogP contribution in [0.1, 0.15) is 25.3 Å². The van der Waals surface area contributed by atoms with Crippen molar-refractivity contribution in [3.8, 4) is 0 Å². The third-order valence-corrected chi connectivity index (χ3v) is 3.13. The molecule has 0 heterocycles. The van der Waals surface area contributed by atoms with E-state index in [1.807, 2.05) is 19.1 Å². The van der Waals surface area contributed by atoms with Crippen molar-refractivity contribution < 1.29 is 5.11 Å². The van der Waals surface area contributed by atoms with Crippen molar-refractivity contribution in [1.82, 2.24) is 0 Å². The highest BCUT2D eigenvalue weighted by Crippen LogP contribution is 2.29. The van der Waals surface area contributed by atoms with Crippen molar-refractivity contribution >= 4 is 23.0 Å². The molecular formula is C13H21ClN2O. The van der Waals surface area contributed by atoms with Gasteiger partial charge in [0.25, 0.3) is 0 Å². The molecule has 0 bridgehead atoms. The van der Waals surface area contributed by atoms with Crippen molar-refractivity contribution in [1.29, 1.82) is 0 Å². The molecule has 1 aromatic rings. The average Bonchev–Trinajstić information content (AvgIpc) is 2.29. The van der Waals surface area contributed by atoms with Crippen LogP contribution in [-0.4, -0.2) is 24.8 Å². The van der Waals surface area contributed by atoms with Crippen LogP contribution in [-0.2, 0) is 0 Å². The van der Waals surface area contributed by atoms with Gasteiger partial charge in [0.2, 0.25) is 0 Å². The number of nitrogens with two attached hydrogens (primary N) is 1. The molecule has 0 amide bonds. The second kappa shape index (κ2) is 6.72. The molecular weight excluding hydrogens is 236 g/mol. The summed E-state index contributed by atoms with van der Waals surface area (Å²) in [5.74, 6) is 0. The van der Waals surface area contributed by atoms with Crippen LogP contribution in [0.4, 0.5) is 11.4 Å². The first-order valence-corrected chi connectivity index (χ1v) is 6.39. The topological polar surface area (TPSA) is 49.5 Å². The van der Waals surface area contributed by atoms with Gasteiger partial charge in [0, 0.05) is 18.8 Å². The summed E-state index contributed by atoms with van der Waals surface area (Å²) in [5, 5.41) is 9.69. The minimum absolute atomic E-state index is 0.144. The Kier molecular flexibility index (Phi) is 5.59. The number of halogens is 1. The van der Waals surface area contributed by atoms with Gasteiger partial charge >= 0.3 is 0 Å². The summed E-state index contributed by atoms with van der Waals surface area (Å²) < 4.78 is 0. The van der Waals surface area contributed by atoms with E-state index in [2.05, 4.69) is 11.8 Å². The van der Waals surface area contributed by atoms with Gasteiger partial charge in [-0.05, 0) is 31.0 Å². The lowest BCUT2D eigenvalue weighted by Crippen LogP contribution is -2.28. The van der Waals surface area contributed by atoms with Crippen LogP contribution in [0.3, 0.4) is 0 Å². The van der Waals surface area contributed by atoms with E-state index in [4.69, 9.17) is 22.4 Å². The number of hydrogen-bond acceptors (Lipinski definition) is 3. The Morgan fingerprint density at radius 2 is 2.06 bits per heavy atom. The Hall–Kier alpha value is -0.930. The van der Waals surface area contributed by atoms with E-state index in [0.717, 1.165) is 30.6 Å². The number of aliphatic hydroxyl groups excluding tert-OH is 1. The highest BCUT2D eigenvalue weighted by molar-refractivity contribution is 6.33. The van der Waals surface area contributed by atoms with E-state index in [1.54, 1.807) is 0 Å². The molecule has 0 aliphatic heterocycles. The van der Waals surface area contributed by atoms with Crippen LogP contribution < -0.4 is 10.6 Å². The number of aliphatic hydroxyl groups is 1. The summed E-state index contributed by atoms with van der Waals surface area (Å²) in [4.78, 5) is 2.16. The third kappa shape index (κ3) is 3.79. The van der Waals surface area contributed by atoms with Crippen molar-refractivity contribution in [2.24, 2.45) is 0 Å². The van der Waals surface area contributed by atoms with Crippen molar-refractivity contribution in [3.05, 3.63) is 22.7 Å². The number of aryl methyl sites for hydroxylation is 1. The average molecular weight is 257 g/mol. The first kappa shape index (κ1) is 14.1. The van der Waals surface area contributed by atoms with Gasteiger partial charge in [0.1, 0.15) is 0 Å². The first-order chi connectivity index (χ1) is 8.10. The molecule has 0 fully saturated rings. The van der Waals surface area contributed by atoms with E-state index in [0.29, 0.717) is 17.3 Å². The van der Waals surface area contributed by atoms with Gasteiger partial charge in [0.15, 0.2) is 0 Å². The molecule has 0 atom stereocenters. The molecule has 0 unspecified atom stereocenters. The number of rotatable bonds is 6. The Bertz CT molecular complexity index is 369. The smallest absolute Gasteiger partial charge is 0.0656 e. The molecule has 1 rings (SSSR count). The summed E-state index contributed by atoms with van der Waals surface area (Å²) in [6.07, 6.45) is 2.23. The molecule has 96 valence electrons. The molecule has 0 aliphatic rings. The SMILES string of the molecule is CCCCN(CCO)c1cc(Cl)c(N)cc1C. The zero-order valence-corrected chi connectivity index (χ0v) is 11.3. The van der Waals surface area contributed by atoms with Crippen LogP contribution in [0, 0.1) is 6.92 Å². The van der Waals surface area contributed by atoms with Crippen LogP contribution in [0.2, 0.25) is 5.02 Å². The van der Waals surface area contributed by atoms with Crippen molar-refractivity contribution in [2.75, 3.05) is 30.3 Å². The minimum atomic E-state index is 0.144. The Morgan fingerprint density at radius 1 is 1.35 bits per heavy atom. The maximum atomic E-state index is 9.11. The second-order valence-electron chi connectivity index (χ2n) is 4.22. The summed E-state index contributed by atoms with van der Waals surface area (Å²) in [6.45, 7) is 5.86. The fourth-order valence-electron chi connectivity index (χ4n) is 1.86. The Labute approximate surface area is 108 Å². The van der Waals surface area contributed by atoms with E-state index < -0.39 is 0 Å². The van der Waals surface area contributed by atoms with Crippen LogP contribution in [0.5, 0.6) is 0 Å². The van der Waals surface area contributed by atoms with E-state index in [9.17, 15) is 0 Å². The van der Waals surface area contributed by atoms with E-state index >= 15 is 0 Å². The van der Waals surface area contributed by atoms with Gasteiger partial charge < -0.3 is 15.7 Å². The van der Waals surface area contributed by atoms with Gasteiger partial charge in [-0.25, -0.2) is 0 Å². The van der Waals surface area contributed by atoms with E-state index in [-0.39, 0.29) is 6.61 Å². The molecule has 3 N–H and O–H groups in total. The molecule has 1 aromatic carbocycles. The predicted molar refractivity (Wildman–Crippen MR) is 74.8 cm³/mol. The van der Waals surface area contributed by atoms with Crippen molar-refractivity contribution in [2.45, 2.75) is 26.7 Å². The molecule has 0 saturated carbocycles. The molecule has 4 heteroatoms. The molecule has 0 spiro atoms. The highest BCUT2D eigenvalue weighted by atomic mass is 35.5. The summed E-state index contributed by atoms with van der Waals surface area (Å²) >= 11 is 6.05. The Morgan fingerprint density at radius 3 is 2.65 bits per heavy atom. The number of nitrogens with zero attached hydrogens (tertiary/aromatic N) is 1. The quantitative estimate of drug-likeness (QED) is 0.770. The number of hydrogen-bond donors (Lipinski definition) is 2. The van der Waals surface area contributed by atoms with Gasteiger partial charge in [-0.1, -0.05) is 24.9 Å². The Balaban J connectivity index is 2.96. The molecule has 0 aliphatic carbocycles. The van der Waals surface area contributed by atoms with E-state index in [1.165, 1.54) is 0 Å². The lowest BCUT2D eigenvalue weighted by Gasteiger charge is -2.26. The standard InChI is InChI=1S/C13H21ClN2O/c1-3-4-5-16(6-7-17)13-9-11(14)12(15)8-10(13)2/h8-9,17H,3-7,15H2,1-2H3. The molecule has 0 radical (unpaired) electrons. The fraction of sp³-hybridized carbons (Fsp3) is 0.538. The number of nitrogen functional groups attached to an aromatic ring is 1. The maximum Gasteiger partial charge on any atom is 0.0656 e. The number of unbranched alkanes of at least 4 members (excludes halogenated alkanes) is 1. The summed E-state index contributed by atoms with van der Waals surface area (Å²) in [5.41, 5.74) is 8.52. The monoisotopic (exact) mass is 256 g/mol. The normalized spacial score (nSPS) is 10.6. The van der Waals surface area contributed by atoms with Crippen LogP contribution in [0.25, 0.3) is 0 Å². The van der Waals surface area contributed by atoms with Gasteiger partial charge in [0.05, 0.1) is 17.3 Å². The maximum absolute atomic E-state index is 9.11. The fourth-order valence-corrected chi connectivity index (χ4v) is 2.01. The molecule has 3 nitrogen and oxygen atoms in total. The second-order valence-corrected chi connectivity index (χ2v) is 4.63. The molecule has 0 aromatic heterocycles. The number of anilines is 2. The lowest BCUT2D eigenvalue weighted by molar-refractivity contribution is 0.301. The lowest BCUT2D eigenvalue weighted by atomic mass is 10.1. The van der Waals surface area contributed by atoms with Crippen LogP contribution >= 0.6 is 11.6 Å². The third-order valence-electron chi connectivity index (χ3n) is 2.81. The molecule has 17 heavy (non-hydrogen) atoms. The van der Waals surface area contributed by atoms with Gasteiger partial charge in [-0.3, -0.25) is 0 Å². The highest BCUT2D eigenvalue weighted by Gasteiger charge is 2.10. The summed E-state index contributed by atoms with van der Waals surface area (Å²) in [7, 11) is 0.